The lowest BCUT2D eigenvalue weighted by atomic mass is 10.2. The van der Waals surface area contributed by atoms with E-state index in [-0.39, 0.29) is 0 Å². The zero-order valence-electron chi connectivity index (χ0n) is 8.98. The highest BCUT2D eigenvalue weighted by atomic mass is 15.1. The van der Waals surface area contributed by atoms with Crippen molar-refractivity contribution in [3.63, 3.8) is 0 Å². The van der Waals surface area contributed by atoms with Gasteiger partial charge in [0.15, 0.2) is 11.6 Å². The SMILES string of the molecule is Nc1ncn(Cc2cccnc2)c2ncnc1-2. The fourth-order valence-electron chi connectivity index (χ4n) is 1.70. The minimum Gasteiger partial charge on any atom is -0.382 e. The van der Waals surface area contributed by atoms with Crippen LogP contribution < -0.4 is 5.73 Å². The summed E-state index contributed by atoms with van der Waals surface area (Å²) in [6.07, 6.45) is 6.71. The average Bonchev–Trinajstić information content (AvgIpc) is 2.84. The zero-order valence-corrected chi connectivity index (χ0v) is 8.98. The third-order valence-corrected chi connectivity index (χ3v) is 2.51. The summed E-state index contributed by atoms with van der Waals surface area (Å²) in [4.78, 5) is 16.4. The fourth-order valence-corrected chi connectivity index (χ4v) is 1.70. The molecule has 1 aromatic heterocycles. The molecule has 17 heavy (non-hydrogen) atoms. The quantitative estimate of drug-likeness (QED) is 0.699. The Morgan fingerprint density at radius 3 is 3.00 bits per heavy atom. The second-order valence-electron chi connectivity index (χ2n) is 3.66. The van der Waals surface area contributed by atoms with Crippen LogP contribution in [0.5, 0.6) is 0 Å². The van der Waals surface area contributed by atoms with Crippen LogP contribution in [0.25, 0.3) is 11.5 Å². The number of hydrogen-bond acceptors (Lipinski definition) is 5. The molecule has 2 N–H and O–H groups in total. The van der Waals surface area contributed by atoms with Crippen molar-refractivity contribution in [2.24, 2.45) is 0 Å². The minimum absolute atomic E-state index is 0.403. The van der Waals surface area contributed by atoms with E-state index in [9.17, 15) is 0 Å². The molecule has 0 radical (unpaired) electrons. The normalized spacial score (nSPS) is 10.8. The fraction of sp³-hybridized carbons (Fsp3) is 0.0909. The molecule has 3 heterocycles. The van der Waals surface area contributed by atoms with Gasteiger partial charge in [0.2, 0.25) is 0 Å². The van der Waals surface area contributed by atoms with Crippen molar-refractivity contribution in [3.8, 4) is 11.5 Å². The summed E-state index contributed by atoms with van der Waals surface area (Å²) in [7, 11) is 0. The number of imidazole rings is 1. The summed E-state index contributed by atoms with van der Waals surface area (Å²) in [6, 6.07) is 3.90. The monoisotopic (exact) mass is 226 g/mol. The molecule has 3 rings (SSSR count). The van der Waals surface area contributed by atoms with Gasteiger partial charge in [0.05, 0.1) is 12.9 Å². The molecule has 0 atom stereocenters. The molecule has 6 heteroatoms. The van der Waals surface area contributed by atoms with Crippen LogP contribution in [0.15, 0.2) is 37.2 Å². The second kappa shape index (κ2) is 3.82. The molecule has 0 saturated heterocycles. The first-order valence-corrected chi connectivity index (χ1v) is 5.15. The summed E-state index contributed by atoms with van der Waals surface area (Å²) in [5, 5.41) is 0. The van der Waals surface area contributed by atoms with Crippen LogP contribution in [-0.2, 0) is 6.54 Å². The number of nitrogens with zero attached hydrogens (tertiary/aromatic N) is 5. The van der Waals surface area contributed by atoms with E-state index in [4.69, 9.17) is 5.73 Å². The highest BCUT2D eigenvalue weighted by Gasteiger charge is 2.14. The molecular weight excluding hydrogens is 216 g/mol. The summed E-state index contributed by atoms with van der Waals surface area (Å²) >= 11 is 0. The Hall–Kier alpha value is -2.50. The number of nitrogen functional groups attached to an aromatic ring is 1. The molecule has 0 saturated carbocycles. The average molecular weight is 226 g/mol. The van der Waals surface area contributed by atoms with Crippen LogP contribution >= 0.6 is 0 Å². The number of pyridine rings is 1. The van der Waals surface area contributed by atoms with Gasteiger partial charge in [0, 0.05) is 12.4 Å². The van der Waals surface area contributed by atoms with Crippen LogP contribution in [0.1, 0.15) is 5.56 Å². The molecule has 0 fully saturated rings. The van der Waals surface area contributed by atoms with Gasteiger partial charge in [-0.1, -0.05) is 6.07 Å². The van der Waals surface area contributed by atoms with Crippen LogP contribution in [0.3, 0.4) is 0 Å². The lowest BCUT2D eigenvalue weighted by Crippen LogP contribution is -2.09. The Morgan fingerprint density at radius 2 is 2.18 bits per heavy atom. The molecule has 2 aliphatic rings. The van der Waals surface area contributed by atoms with Gasteiger partial charge < -0.3 is 10.3 Å². The number of fused-ring (bicyclic) bond motifs is 1. The van der Waals surface area contributed by atoms with E-state index < -0.39 is 0 Å². The molecule has 84 valence electrons. The number of nitrogens with two attached hydrogens (primary N) is 1. The van der Waals surface area contributed by atoms with Gasteiger partial charge in [-0.2, -0.15) is 0 Å². The highest BCUT2D eigenvalue weighted by molar-refractivity contribution is 5.64. The first-order chi connectivity index (χ1) is 8.34. The van der Waals surface area contributed by atoms with Gasteiger partial charge in [0.25, 0.3) is 0 Å². The van der Waals surface area contributed by atoms with Gasteiger partial charge in [-0.25, -0.2) is 15.0 Å². The van der Waals surface area contributed by atoms with Gasteiger partial charge in [-0.3, -0.25) is 4.98 Å². The first-order valence-electron chi connectivity index (χ1n) is 5.15. The van der Waals surface area contributed by atoms with Crippen molar-refractivity contribution in [2.45, 2.75) is 6.54 Å². The van der Waals surface area contributed by atoms with Crippen molar-refractivity contribution in [1.29, 1.82) is 0 Å². The summed E-state index contributed by atoms with van der Waals surface area (Å²) in [5.41, 5.74) is 7.44. The zero-order chi connectivity index (χ0) is 11.7. The van der Waals surface area contributed by atoms with E-state index in [2.05, 4.69) is 19.9 Å². The Morgan fingerprint density at radius 1 is 1.24 bits per heavy atom. The van der Waals surface area contributed by atoms with E-state index in [1.807, 2.05) is 22.9 Å². The van der Waals surface area contributed by atoms with Crippen molar-refractivity contribution >= 4 is 5.82 Å². The Bertz CT molecular complexity index is 603. The Balaban J connectivity index is 2.02. The first kappa shape index (κ1) is 9.71. The van der Waals surface area contributed by atoms with Crippen molar-refractivity contribution in [1.82, 2.24) is 24.5 Å². The van der Waals surface area contributed by atoms with Crippen LogP contribution in [0.4, 0.5) is 5.82 Å². The molecule has 0 unspecified atom stereocenters. The third kappa shape index (κ3) is 1.69. The maximum atomic E-state index is 5.72. The molecule has 0 spiro atoms. The van der Waals surface area contributed by atoms with Crippen molar-refractivity contribution < 1.29 is 0 Å². The lowest BCUT2D eigenvalue weighted by molar-refractivity contribution is 0.759. The molecule has 6 nitrogen and oxygen atoms in total. The van der Waals surface area contributed by atoms with Crippen LogP contribution in [0.2, 0.25) is 0 Å². The predicted octanol–water partition coefficient (Wildman–Crippen LogP) is 0.803. The van der Waals surface area contributed by atoms with E-state index in [0.717, 1.165) is 11.4 Å². The standard InChI is InChI=1S/C11H10N6/c12-10-9-11(15-6-14-9)17(7-16-10)5-8-2-1-3-13-4-8/h1-4,6-7H,5,12H2. The molecule has 0 aromatic carbocycles. The maximum Gasteiger partial charge on any atom is 0.165 e. The van der Waals surface area contributed by atoms with Gasteiger partial charge >= 0.3 is 0 Å². The van der Waals surface area contributed by atoms with E-state index in [1.165, 1.54) is 6.33 Å². The predicted molar refractivity (Wildman–Crippen MR) is 62.2 cm³/mol. The molecule has 0 aliphatic carbocycles. The van der Waals surface area contributed by atoms with E-state index in [1.54, 1.807) is 12.5 Å². The highest BCUT2D eigenvalue weighted by Crippen LogP contribution is 2.21. The smallest absolute Gasteiger partial charge is 0.165 e. The van der Waals surface area contributed by atoms with Crippen molar-refractivity contribution in [3.05, 3.63) is 42.7 Å². The van der Waals surface area contributed by atoms with Gasteiger partial charge in [0.1, 0.15) is 12.0 Å². The number of aromatic nitrogens is 5. The second-order valence-corrected chi connectivity index (χ2v) is 3.66. The maximum absolute atomic E-state index is 5.72. The van der Waals surface area contributed by atoms with Gasteiger partial charge in [-0.05, 0) is 11.6 Å². The number of anilines is 1. The largest absolute Gasteiger partial charge is 0.382 e. The van der Waals surface area contributed by atoms with E-state index >= 15 is 0 Å². The third-order valence-electron chi connectivity index (χ3n) is 2.51. The molecule has 0 bridgehead atoms. The number of rotatable bonds is 2. The molecule has 0 amide bonds. The Kier molecular flexibility index (Phi) is 2.18. The summed E-state index contributed by atoms with van der Waals surface area (Å²) in [5.74, 6) is 1.14. The summed E-state index contributed by atoms with van der Waals surface area (Å²) < 4.78 is 1.90. The lowest BCUT2D eigenvalue weighted by Gasteiger charge is -2.10. The van der Waals surface area contributed by atoms with Crippen LogP contribution in [0, 0.1) is 0 Å². The number of hydrogen-bond donors (Lipinski definition) is 1. The molecule has 2 aliphatic heterocycles. The summed E-state index contributed by atoms with van der Waals surface area (Å²) in [6.45, 7) is 0.649. The van der Waals surface area contributed by atoms with Crippen LogP contribution in [-0.4, -0.2) is 24.5 Å². The topological polar surface area (TPSA) is 82.5 Å². The van der Waals surface area contributed by atoms with Crippen molar-refractivity contribution in [2.75, 3.05) is 5.73 Å². The van der Waals surface area contributed by atoms with Gasteiger partial charge in [-0.15, -0.1) is 0 Å². The molecule has 1 aromatic rings. The van der Waals surface area contributed by atoms with E-state index in [0.29, 0.717) is 18.1 Å². The minimum atomic E-state index is 0.403. The Labute approximate surface area is 97.5 Å². The molecular formula is C11H10N6.